The Bertz CT molecular complexity index is 422. The number of nitrogens with two attached hydrogens (primary N) is 1. The summed E-state index contributed by atoms with van der Waals surface area (Å²) in [4.78, 5) is 15.3. The molecule has 0 aromatic heterocycles. The lowest BCUT2D eigenvalue weighted by Crippen LogP contribution is -2.48. The third-order valence-corrected chi connectivity index (χ3v) is 3.02. The number of benzene rings is 1. The average molecular weight is 240 g/mol. The molecule has 0 aliphatic carbocycles. The fraction of sp³-hybridized carbons (Fsp3) is 0.364. The fourth-order valence-electron chi connectivity index (χ4n) is 1.78. The van der Waals surface area contributed by atoms with Crippen LogP contribution in [0, 0.1) is 0 Å². The Morgan fingerprint density at radius 2 is 2.12 bits per heavy atom. The van der Waals surface area contributed by atoms with Crippen molar-refractivity contribution in [3.05, 3.63) is 23.2 Å². The topological polar surface area (TPSA) is 49.6 Å². The van der Waals surface area contributed by atoms with Gasteiger partial charge < -0.3 is 15.5 Å². The first-order valence-corrected chi connectivity index (χ1v) is 5.49. The number of hydrogen-bond acceptors (Lipinski definition) is 3. The lowest BCUT2D eigenvalue weighted by Gasteiger charge is -2.34. The Morgan fingerprint density at radius 3 is 2.75 bits per heavy atom. The molecule has 1 aliphatic heterocycles. The van der Waals surface area contributed by atoms with Gasteiger partial charge in [-0.15, -0.1) is 0 Å². The number of halogens is 1. The first-order chi connectivity index (χ1) is 7.58. The van der Waals surface area contributed by atoms with Gasteiger partial charge in [-0.1, -0.05) is 11.6 Å². The maximum atomic E-state index is 11.6. The van der Waals surface area contributed by atoms with Gasteiger partial charge in [0.15, 0.2) is 0 Å². The highest BCUT2D eigenvalue weighted by molar-refractivity contribution is 6.31. The van der Waals surface area contributed by atoms with Crippen LogP contribution in [0.25, 0.3) is 0 Å². The van der Waals surface area contributed by atoms with Crippen LogP contribution in [-0.4, -0.2) is 37.5 Å². The van der Waals surface area contributed by atoms with Crippen molar-refractivity contribution < 1.29 is 4.79 Å². The largest absolute Gasteiger partial charge is 0.397 e. The summed E-state index contributed by atoms with van der Waals surface area (Å²) in [6.07, 6.45) is 0. The summed E-state index contributed by atoms with van der Waals surface area (Å²) in [5, 5.41) is 0.613. The summed E-state index contributed by atoms with van der Waals surface area (Å²) < 4.78 is 0. The molecule has 0 bridgehead atoms. The number of rotatable bonds is 1. The molecule has 0 radical (unpaired) electrons. The van der Waals surface area contributed by atoms with Crippen LogP contribution in [0.15, 0.2) is 18.2 Å². The third kappa shape index (κ3) is 2.07. The number of amides is 1. The fourth-order valence-corrected chi connectivity index (χ4v) is 1.96. The second-order valence-corrected chi connectivity index (χ2v) is 4.38. The molecule has 16 heavy (non-hydrogen) atoms. The van der Waals surface area contributed by atoms with E-state index in [1.54, 1.807) is 17.0 Å². The minimum Gasteiger partial charge on any atom is -0.397 e. The molecule has 1 fully saturated rings. The van der Waals surface area contributed by atoms with Crippen LogP contribution < -0.4 is 10.6 Å². The third-order valence-electron chi connectivity index (χ3n) is 2.79. The SMILES string of the molecule is CN1CCN(c2ccc(Cl)cc2N)CC1=O. The molecule has 1 aromatic carbocycles. The number of nitrogens with zero attached hydrogens (tertiary/aromatic N) is 2. The number of piperazine rings is 1. The summed E-state index contributed by atoms with van der Waals surface area (Å²) >= 11 is 5.83. The highest BCUT2D eigenvalue weighted by Crippen LogP contribution is 2.27. The van der Waals surface area contributed by atoms with E-state index in [1.165, 1.54) is 0 Å². The molecular weight excluding hydrogens is 226 g/mol. The van der Waals surface area contributed by atoms with Crippen molar-refractivity contribution in [2.75, 3.05) is 37.3 Å². The number of anilines is 2. The van der Waals surface area contributed by atoms with Gasteiger partial charge in [-0.05, 0) is 18.2 Å². The highest BCUT2D eigenvalue weighted by atomic mass is 35.5. The molecule has 4 nitrogen and oxygen atoms in total. The Hall–Kier alpha value is -1.42. The summed E-state index contributed by atoms with van der Waals surface area (Å²) in [6.45, 7) is 1.90. The molecule has 1 saturated heterocycles. The molecule has 0 saturated carbocycles. The molecule has 1 aromatic rings. The standard InChI is InChI=1S/C11H14ClN3O/c1-14-4-5-15(7-11(14)16)10-3-2-8(12)6-9(10)13/h2-3,6H,4-5,7,13H2,1H3. The van der Waals surface area contributed by atoms with Crippen LogP contribution in [0.4, 0.5) is 11.4 Å². The van der Waals surface area contributed by atoms with E-state index < -0.39 is 0 Å². The van der Waals surface area contributed by atoms with Crippen LogP contribution in [0.2, 0.25) is 5.02 Å². The first kappa shape index (κ1) is 11.1. The van der Waals surface area contributed by atoms with Crippen molar-refractivity contribution in [3.8, 4) is 0 Å². The van der Waals surface area contributed by atoms with Gasteiger partial charge in [-0.25, -0.2) is 0 Å². The zero-order valence-corrected chi connectivity index (χ0v) is 9.87. The van der Waals surface area contributed by atoms with Crippen molar-refractivity contribution in [1.82, 2.24) is 4.90 Å². The predicted molar refractivity (Wildman–Crippen MR) is 65.7 cm³/mol. The van der Waals surface area contributed by atoms with Crippen molar-refractivity contribution >= 4 is 28.9 Å². The van der Waals surface area contributed by atoms with Crippen LogP contribution in [0.3, 0.4) is 0 Å². The van der Waals surface area contributed by atoms with Crippen molar-refractivity contribution in [2.45, 2.75) is 0 Å². The zero-order chi connectivity index (χ0) is 11.7. The van der Waals surface area contributed by atoms with Gasteiger partial charge in [0.25, 0.3) is 0 Å². The number of carbonyl (C=O) groups excluding carboxylic acids is 1. The van der Waals surface area contributed by atoms with Crippen molar-refractivity contribution in [2.24, 2.45) is 0 Å². The monoisotopic (exact) mass is 239 g/mol. The maximum Gasteiger partial charge on any atom is 0.241 e. The van der Waals surface area contributed by atoms with Crippen LogP contribution in [0.1, 0.15) is 0 Å². The molecule has 1 amide bonds. The van der Waals surface area contributed by atoms with E-state index in [1.807, 2.05) is 18.0 Å². The average Bonchev–Trinajstić information content (AvgIpc) is 2.22. The second kappa shape index (κ2) is 4.22. The Labute approximate surface area is 99.6 Å². The maximum absolute atomic E-state index is 11.6. The number of likely N-dealkylation sites (N-methyl/N-ethyl adjacent to an activating group) is 1. The number of nitrogen functional groups attached to an aromatic ring is 1. The van der Waals surface area contributed by atoms with E-state index in [0.717, 1.165) is 18.8 Å². The Morgan fingerprint density at radius 1 is 1.38 bits per heavy atom. The molecule has 0 unspecified atom stereocenters. The van der Waals surface area contributed by atoms with Gasteiger partial charge in [0, 0.05) is 25.2 Å². The van der Waals surface area contributed by atoms with Crippen molar-refractivity contribution in [3.63, 3.8) is 0 Å². The summed E-state index contributed by atoms with van der Waals surface area (Å²) in [7, 11) is 1.81. The number of hydrogen-bond donors (Lipinski definition) is 1. The molecule has 5 heteroatoms. The van der Waals surface area contributed by atoms with Crippen LogP contribution in [-0.2, 0) is 4.79 Å². The molecule has 86 valence electrons. The van der Waals surface area contributed by atoms with Gasteiger partial charge in [-0.2, -0.15) is 0 Å². The molecule has 2 N–H and O–H groups in total. The molecule has 1 heterocycles. The second-order valence-electron chi connectivity index (χ2n) is 3.94. The predicted octanol–water partition coefficient (Wildman–Crippen LogP) is 1.20. The van der Waals surface area contributed by atoms with E-state index in [4.69, 9.17) is 17.3 Å². The molecular formula is C11H14ClN3O. The Balaban J connectivity index is 2.22. The van der Waals surface area contributed by atoms with Gasteiger partial charge in [0.1, 0.15) is 0 Å². The van der Waals surface area contributed by atoms with Crippen molar-refractivity contribution in [1.29, 1.82) is 0 Å². The van der Waals surface area contributed by atoms with E-state index >= 15 is 0 Å². The quantitative estimate of drug-likeness (QED) is 0.750. The smallest absolute Gasteiger partial charge is 0.241 e. The first-order valence-electron chi connectivity index (χ1n) is 5.12. The lowest BCUT2D eigenvalue weighted by atomic mass is 10.2. The summed E-state index contributed by atoms with van der Waals surface area (Å²) in [6, 6.07) is 5.35. The van der Waals surface area contributed by atoms with Gasteiger partial charge >= 0.3 is 0 Å². The molecule has 2 rings (SSSR count). The van der Waals surface area contributed by atoms with Gasteiger partial charge in [0.05, 0.1) is 17.9 Å². The number of carbonyl (C=O) groups is 1. The minimum atomic E-state index is 0.112. The van der Waals surface area contributed by atoms with Crippen LogP contribution >= 0.6 is 11.6 Å². The summed E-state index contributed by atoms with van der Waals surface area (Å²) in [5.74, 6) is 0.112. The molecule has 0 atom stereocenters. The van der Waals surface area contributed by atoms with E-state index in [-0.39, 0.29) is 5.91 Å². The molecule has 1 aliphatic rings. The minimum absolute atomic E-state index is 0.112. The van der Waals surface area contributed by atoms with E-state index in [2.05, 4.69) is 0 Å². The van der Waals surface area contributed by atoms with Crippen LogP contribution in [0.5, 0.6) is 0 Å². The highest BCUT2D eigenvalue weighted by Gasteiger charge is 2.22. The summed E-state index contributed by atoms with van der Waals surface area (Å²) in [5.41, 5.74) is 7.38. The Kier molecular flexibility index (Phi) is 2.92. The van der Waals surface area contributed by atoms with Gasteiger partial charge in [0.2, 0.25) is 5.91 Å². The lowest BCUT2D eigenvalue weighted by molar-refractivity contribution is -0.129. The molecule has 0 spiro atoms. The normalized spacial score (nSPS) is 16.8. The van der Waals surface area contributed by atoms with Gasteiger partial charge in [-0.3, -0.25) is 4.79 Å². The van der Waals surface area contributed by atoms with E-state index in [9.17, 15) is 4.79 Å². The zero-order valence-electron chi connectivity index (χ0n) is 9.11. The van der Waals surface area contributed by atoms with E-state index in [0.29, 0.717) is 17.3 Å².